The molecule has 144 valence electrons. The number of nitrogens with zero attached hydrogens (tertiary/aromatic N) is 4. The number of hydrogen-bond acceptors (Lipinski definition) is 4. The van der Waals surface area contributed by atoms with Gasteiger partial charge in [0.1, 0.15) is 0 Å². The molecule has 1 N–H and O–H groups in total. The second-order valence-corrected chi connectivity index (χ2v) is 5.70. The van der Waals surface area contributed by atoms with Gasteiger partial charge < -0.3 is 19.7 Å². The highest BCUT2D eigenvalue weighted by atomic mass is 127. The maximum atomic E-state index is 5.63. The summed E-state index contributed by atoms with van der Waals surface area (Å²) >= 11 is 0. The molecule has 8 heteroatoms. The highest BCUT2D eigenvalue weighted by molar-refractivity contribution is 14.0. The van der Waals surface area contributed by atoms with Crippen molar-refractivity contribution >= 4 is 29.9 Å². The van der Waals surface area contributed by atoms with Gasteiger partial charge in [0.15, 0.2) is 17.5 Å². The molecule has 2 aromatic rings. The second kappa shape index (κ2) is 10.9. The van der Waals surface area contributed by atoms with Gasteiger partial charge in [-0.15, -0.1) is 24.0 Å². The van der Waals surface area contributed by atoms with Gasteiger partial charge in [-0.25, -0.2) is 0 Å². The van der Waals surface area contributed by atoms with E-state index >= 15 is 0 Å². The monoisotopic (exact) mass is 473 g/mol. The Hall–Kier alpha value is -1.97. The summed E-state index contributed by atoms with van der Waals surface area (Å²) in [5.74, 6) is 2.31. The van der Waals surface area contributed by atoms with Crippen molar-refractivity contribution in [3.63, 3.8) is 0 Å². The molecule has 0 unspecified atom stereocenters. The van der Waals surface area contributed by atoms with Gasteiger partial charge in [-0.3, -0.25) is 9.67 Å². The molecule has 2 rings (SSSR count). The molecule has 1 heterocycles. The summed E-state index contributed by atoms with van der Waals surface area (Å²) in [6.45, 7) is 3.94. The number of guanidine groups is 1. The molecule has 0 aliphatic rings. The molecule has 1 aromatic heterocycles. The van der Waals surface area contributed by atoms with E-state index < -0.39 is 0 Å². The lowest BCUT2D eigenvalue weighted by Gasteiger charge is -2.21. The third-order valence-corrected chi connectivity index (χ3v) is 3.73. The van der Waals surface area contributed by atoms with Crippen molar-refractivity contribution in [2.45, 2.75) is 20.0 Å². The number of aromatic nitrogens is 2. The molecular weight excluding hydrogens is 445 g/mol. The van der Waals surface area contributed by atoms with E-state index in [9.17, 15) is 0 Å². The number of ether oxygens (including phenoxy) is 2. The summed E-state index contributed by atoms with van der Waals surface area (Å²) in [6, 6.07) is 5.93. The highest BCUT2D eigenvalue weighted by Gasteiger charge is 2.09. The first-order valence-electron chi connectivity index (χ1n) is 8.26. The molecule has 7 nitrogen and oxygen atoms in total. The molecule has 1 aromatic carbocycles. The van der Waals surface area contributed by atoms with Crippen molar-refractivity contribution in [1.82, 2.24) is 20.0 Å². The number of hydrogen-bond donors (Lipinski definition) is 1. The molecule has 0 fully saturated rings. The molecule has 0 saturated carbocycles. The standard InChI is InChI=1S/C18H27N5O2.HI/c1-6-25-17-9-14(7-8-16(17)24-5)10-20-18(19-2)22(3)12-15-11-21-23(4)13-15;/h7-9,11,13H,6,10,12H2,1-5H3,(H,19,20);1H. The van der Waals surface area contributed by atoms with E-state index in [1.807, 2.05) is 51.6 Å². The number of aryl methyl sites for hydroxylation is 1. The van der Waals surface area contributed by atoms with Crippen molar-refractivity contribution in [2.75, 3.05) is 27.8 Å². The molecule has 0 saturated heterocycles. The van der Waals surface area contributed by atoms with Crippen LogP contribution in [0.25, 0.3) is 0 Å². The SMILES string of the molecule is CCOc1cc(CNC(=NC)N(C)Cc2cnn(C)c2)ccc1OC.I. The van der Waals surface area contributed by atoms with Crippen LogP contribution in [-0.4, -0.2) is 48.5 Å². The maximum Gasteiger partial charge on any atom is 0.193 e. The lowest BCUT2D eigenvalue weighted by Crippen LogP contribution is -2.37. The Kier molecular flexibility index (Phi) is 9.25. The molecule has 0 amide bonds. The molecular formula is C18H28IN5O2. The largest absolute Gasteiger partial charge is 0.493 e. The summed E-state index contributed by atoms with van der Waals surface area (Å²) in [5, 5.41) is 7.57. The van der Waals surface area contributed by atoms with Gasteiger partial charge in [0.25, 0.3) is 0 Å². The van der Waals surface area contributed by atoms with Crippen LogP contribution in [0.5, 0.6) is 11.5 Å². The van der Waals surface area contributed by atoms with E-state index in [0.29, 0.717) is 13.2 Å². The number of methoxy groups -OCH3 is 1. The summed E-state index contributed by atoms with van der Waals surface area (Å²) < 4.78 is 12.7. The minimum absolute atomic E-state index is 0. The topological polar surface area (TPSA) is 63.9 Å². The molecule has 0 aliphatic carbocycles. The van der Waals surface area contributed by atoms with Crippen molar-refractivity contribution in [1.29, 1.82) is 0 Å². The van der Waals surface area contributed by atoms with Gasteiger partial charge >= 0.3 is 0 Å². The first-order chi connectivity index (χ1) is 12.1. The van der Waals surface area contributed by atoms with Crippen molar-refractivity contribution < 1.29 is 9.47 Å². The zero-order valence-corrected chi connectivity index (χ0v) is 18.4. The fraction of sp³-hybridized carbons (Fsp3) is 0.444. The van der Waals surface area contributed by atoms with Gasteiger partial charge in [-0.2, -0.15) is 5.10 Å². The van der Waals surface area contributed by atoms with E-state index in [1.54, 1.807) is 18.8 Å². The van der Waals surface area contributed by atoms with Crippen LogP contribution in [0.4, 0.5) is 0 Å². The predicted molar refractivity (Wildman–Crippen MR) is 114 cm³/mol. The third kappa shape index (κ3) is 6.08. The lowest BCUT2D eigenvalue weighted by atomic mass is 10.2. The average Bonchev–Trinajstić information content (AvgIpc) is 3.01. The Balaban J connectivity index is 0.00000338. The van der Waals surface area contributed by atoms with E-state index in [2.05, 4.69) is 20.3 Å². The van der Waals surface area contributed by atoms with Crippen molar-refractivity contribution in [3.05, 3.63) is 41.7 Å². The molecule has 0 bridgehead atoms. The van der Waals surface area contributed by atoms with E-state index in [1.165, 1.54) is 0 Å². The molecule has 0 spiro atoms. The van der Waals surface area contributed by atoms with Crippen LogP contribution in [0.15, 0.2) is 35.6 Å². The van der Waals surface area contributed by atoms with Gasteiger partial charge in [-0.05, 0) is 24.6 Å². The van der Waals surface area contributed by atoms with Crippen LogP contribution in [-0.2, 0) is 20.1 Å². The molecule has 0 atom stereocenters. The Morgan fingerprint density at radius 3 is 2.65 bits per heavy atom. The quantitative estimate of drug-likeness (QED) is 0.381. The number of rotatable bonds is 7. The minimum atomic E-state index is 0. The fourth-order valence-corrected chi connectivity index (χ4v) is 2.57. The number of aliphatic imine (C=N–C) groups is 1. The van der Waals surface area contributed by atoms with Crippen molar-refractivity contribution in [2.24, 2.45) is 12.0 Å². The normalized spacial score (nSPS) is 10.9. The first kappa shape index (κ1) is 22.1. The van der Waals surface area contributed by atoms with Crippen LogP contribution in [0, 0.1) is 0 Å². The minimum Gasteiger partial charge on any atom is -0.493 e. The Morgan fingerprint density at radius 1 is 1.31 bits per heavy atom. The Morgan fingerprint density at radius 2 is 2.08 bits per heavy atom. The summed E-state index contributed by atoms with van der Waals surface area (Å²) in [5.41, 5.74) is 2.23. The summed E-state index contributed by atoms with van der Waals surface area (Å²) in [6.07, 6.45) is 3.86. The summed E-state index contributed by atoms with van der Waals surface area (Å²) in [7, 11) is 7.34. The Bertz CT molecular complexity index is 717. The number of nitrogens with one attached hydrogen (secondary N) is 1. The Labute approximate surface area is 172 Å². The van der Waals surface area contributed by atoms with E-state index in [-0.39, 0.29) is 24.0 Å². The smallest absolute Gasteiger partial charge is 0.193 e. The van der Waals surface area contributed by atoms with Crippen LogP contribution in [0.1, 0.15) is 18.1 Å². The first-order valence-corrected chi connectivity index (χ1v) is 8.26. The third-order valence-electron chi connectivity index (χ3n) is 3.73. The fourth-order valence-electron chi connectivity index (χ4n) is 2.57. The van der Waals surface area contributed by atoms with Crippen LogP contribution in [0.3, 0.4) is 0 Å². The molecule has 26 heavy (non-hydrogen) atoms. The van der Waals surface area contributed by atoms with Gasteiger partial charge in [0, 0.05) is 46.0 Å². The summed E-state index contributed by atoms with van der Waals surface area (Å²) in [4.78, 5) is 6.41. The second-order valence-electron chi connectivity index (χ2n) is 5.70. The van der Waals surface area contributed by atoms with Crippen molar-refractivity contribution in [3.8, 4) is 11.5 Å². The van der Waals surface area contributed by atoms with Crippen LogP contribution >= 0.6 is 24.0 Å². The zero-order chi connectivity index (χ0) is 18.2. The average molecular weight is 473 g/mol. The van der Waals surface area contributed by atoms with Crippen LogP contribution in [0.2, 0.25) is 0 Å². The number of benzene rings is 1. The van der Waals surface area contributed by atoms with Gasteiger partial charge in [-0.1, -0.05) is 6.07 Å². The van der Waals surface area contributed by atoms with Gasteiger partial charge in [0.2, 0.25) is 0 Å². The lowest BCUT2D eigenvalue weighted by molar-refractivity contribution is 0.310. The zero-order valence-electron chi connectivity index (χ0n) is 16.0. The maximum absolute atomic E-state index is 5.63. The van der Waals surface area contributed by atoms with Crippen LogP contribution < -0.4 is 14.8 Å². The van der Waals surface area contributed by atoms with E-state index in [4.69, 9.17) is 9.47 Å². The molecule has 0 aliphatic heterocycles. The number of halogens is 1. The van der Waals surface area contributed by atoms with E-state index in [0.717, 1.165) is 35.1 Å². The van der Waals surface area contributed by atoms with Gasteiger partial charge in [0.05, 0.1) is 19.9 Å². The highest BCUT2D eigenvalue weighted by Crippen LogP contribution is 2.27. The predicted octanol–water partition coefficient (Wildman–Crippen LogP) is 2.65. The molecule has 0 radical (unpaired) electrons.